The Labute approximate surface area is 243 Å². The molecule has 42 heavy (non-hydrogen) atoms. The number of carboxylic acid groups (broad SMARTS) is 1. The van der Waals surface area contributed by atoms with Crippen molar-refractivity contribution in [1.82, 2.24) is 24.9 Å². The summed E-state index contributed by atoms with van der Waals surface area (Å²) in [6.45, 7) is 7.86. The number of rotatable bonds is 7. The van der Waals surface area contributed by atoms with Crippen molar-refractivity contribution in [2.24, 2.45) is 7.05 Å². The van der Waals surface area contributed by atoms with E-state index in [9.17, 15) is 28.7 Å². The molecule has 3 N–H and O–H groups in total. The number of aliphatic carboxylic acids is 1. The number of carbonyl (C=O) groups excluding carboxylic acids is 3. The number of urea groups is 1. The first-order chi connectivity index (χ1) is 19.7. The molecule has 0 saturated carbocycles. The first kappa shape index (κ1) is 30.2. The molecule has 1 aliphatic rings. The van der Waals surface area contributed by atoms with Crippen molar-refractivity contribution in [2.45, 2.75) is 51.7 Å². The van der Waals surface area contributed by atoms with Gasteiger partial charge in [0.2, 0.25) is 0 Å². The number of hydrogen-bond donors (Lipinski definition) is 3. The minimum atomic E-state index is -1.40. The van der Waals surface area contributed by atoms with Crippen LogP contribution in [0.4, 0.5) is 14.9 Å². The van der Waals surface area contributed by atoms with Crippen LogP contribution in [0, 0.1) is 12.7 Å². The quantitative estimate of drug-likeness (QED) is 0.390. The van der Waals surface area contributed by atoms with Crippen LogP contribution in [0.3, 0.4) is 0 Å². The van der Waals surface area contributed by atoms with Crippen LogP contribution >= 0.6 is 0 Å². The highest BCUT2D eigenvalue weighted by atomic mass is 19.1. The Balaban J connectivity index is 1.68. The Hall–Kier alpha value is -4.74. The average molecular weight is 579 g/mol. The number of nitrogens with one attached hydrogen (secondary N) is 2. The number of aryl methyl sites for hydroxylation is 2. The third kappa shape index (κ3) is 6.76. The predicted molar refractivity (Wildman–Crippen MR) is 153 cm³/mol. The molecule has 2 heterocycles. The van der Waals surface area contributed by atoms with Crippen LogP contribution in [0.25, 0.3) is 0 Å². The number of carboxylic acids is 1. The van der Waals surface area contributed by atoms with E-state index in [1.807, 2.05) is 33.8 Å². The molecule has 2 atom stereocenters. The van der Waals surface area contributed by atoms with E-state index in [0.29, 0.717) is 16.9 Å². The zero-order chi connectivity index (χ0) is 30.8. The van der Waals surface area contributed by atoms with Crippen molar-refractivity contribution in [3.05, 3.63) is 82.9 Å². The SMILES string of the molecule is Cc1cccc(NC(=O)N2CCN(C(=O)c3cc(C(C)(C)C)nn3C)C2C(=O)NC(CC(=O)O)c2ccc(F)cc2)c1. The third-order valence-electron chi connectivity index (χ3n) is 7.03. The minimum Gasteiger partial charge on any atom is -0.481 e. The van der Waals surface area contributed by atoms with E-state index < -0.39 is 48.3 Å². The molecule has 11 nitrogen and oxygen atoms in total. The number of carbonyl (C=O) groups is 4. The fourth-order valence-electron chi connectivity index (χ4n) is 4.80. The molecule has 1 aromatic heterocycles. The Morgan fingerprint density at radius 3 is 2.31 bits per heavy atom. The number of amides is 4. The van der Waals surface area contributed by atoms with Gasteiger partial charge in [0.05, 0.1) is 18.2 Å². The first-order valence-corrected chi connectivity index (χ1v) is 13.5. The lowest BCUT2D eigenvalue weighted by Gasteiger charge is -2.30. The fraction of sp³-hybridized carbons (Fsp3) is 0.367. The Morgan fingerprint density at radius 1 is 1.05 bits per heavy atom. The van der Waals surface area contributed by atoms with E-state index in [1.54, 1.807) is 31.3 Å². The largest absolute Gasteiger partial charge is 0.481 e. The van der Waals surface area contributed by atoms with Gasteiger partial charge in [-0.05, 0) is 48.4 Å². The predicted octanol–water partition coefficient (Wildman–Crippen LogP) is 3.81. The smallest absolute Gasteiger partial charge is 0.323 e. The van der Waals surface area contributed by atoms with Crippen molar-refractivity contribution >= 4 is 29.5 Å². The van der Waals surface area contributed by atoms with Gasteiger partial charge in [-0.3, -0.25) is 24.0 Å². The molecule has 12 heteroatoms. The first-order valence-electron chi connectivity index (χ1n) is 13.5. The molecule has 2 unspecified atom stereocenters. The topological polar surface area (TPSA) is 137 Å². The van der Waals surface area contributed by atoms with Gasteiger partial charge in [0.25, 0.3) is 11.8 Å². The second-order valence-electron chi connectivity index (χ2n) is 11.4. The van der Waals surface area contributed by atoms with Crippen LogP contribution < -0.4 is 10.6 Å². The highest BCUT2D eigenvalue weighted by molar-refractivity contribution is 6.00. The Morgan fingerprint density at radius 2 is 1.71 bits per heavy atom. The highest BCUT2D eigenvalue weighted by Gasteiger charge is 2.44. The fourth-order valence-corrected chi connectivity index (χ4v) is 4.80. The summed E-state index contributed by atoms with van der Waals surface area (Å²) in [4.78, 5) is 55.4. The van der Waals surface area contributed by atoms with Crippen molar-refractivity contribution < 1.29 is 28.7 Å². The standard InChI is InChI=1S/C30H35FN6O5/c1-18-7-6-8-21(15-18)32-29(42)37-14-13-36(28(41)23-17-24(30(2,3)4)34-35(23)5)27(37)26(40)33-22(16-25(38)39)19-9-11-20(31)12-10-19/h6-12,15,17,22,27H,13-14,16H2,1-5H3,(H,32,42)(H,33,40)(H,38,39). The normalized spacial score (nSPS) is 15.8. The number of anilines is 1. The molecule has 0 spiro atoms. The maximum Gasteiger partial charge on any atom is 0.323 e. The van der Waals surface area contributed by atoms with Crippen LogP contribution in [-0.2, 0) is 22.1 Å². The van der Waals surface area contributed by atoms with Crippen LogP contribution in [0.2, 0.25) is 0 Å². The molecular formula is C30H35FN6O5. The van der Waals surface area contributed by atoms with E-state index in [1.165, 1.54) is 38.7 Å². The summed E-state index contributed by atoms with van der Waals surface area (Å²) in [5.41, 5.74) is 2.37. The van der Waals surface area contributed by atoms with Crippen molar-refractivity contribution in [3.63, 3.8) is 0 Å². The zero-order valence-electron chi connectivity index (χ0n) is 24.2. The molecule has 1 fully saturated rings. The molecule has 0 radical (unpaired) electrons. The van der Waals surface area contributed by atoms with Gasteiger partial charge in [-0.15, -0.1) is 0 Å². The van der Waals surface area contributed by atoms with E-state index >= 15 is 0 Å². The third-order valence-corrected chi connectivity index (χ3v) is 7.03. The Bertz CT molecular complexity index is 1500. The van der Waals surface area contributed by atoms with Crippen LogP contribution in [0.15, 0.2) is 54.6 Å². The maximum absolute atomic E-state index is 13.9. The minimum absolute atomic E-state index is 0.0472. The van der Waals surface area contributed by atoms with E-state index in [4.69, 9.17) is 0 Å². The maximum atomic E-state index is 13.9. The molecular weight excluding hydrogens is 543 g/mol. The highest BCUT2D eigenvalue weighted by Crippen LogP contribution is 2.26. The average Bonchev–Trinajstić information content (AvgIpc) is 3.52. The van der Waals surface area contributed by atoms with Gasteiger partial charge in [0.1, 0.15) is 11.5 Å². The number of aromatic nitrogens is 2. The van der Waals surface area contributed by atoms with Gasteiger partial charge in [0.15, 0.2) is 6.17 Å². The molecule has 0 bridgehead atoms. The molecule has 1 saturated heterocycles. The number of nitrogens with zero attached hydrogens (tertiary/aromatic N) is 4. The summed E-state index contributed by atoms with van der Waals surface area (Å²) < 4.78 is 15.0. The van der Waals surface area contributed by atoms with E-state index in [-0.39, 0.29) is 24.2 Å². The van der Waals surface area contributed by atoms with Crippen LogP contribution in [0.1, 0.15) is 60.5 Å². The molecule has 4 rings (SSSR count). The molecule has 222 valence electrons. The summed E-state index contributed by atoms with van der Waals surface area (Å²) in [5.74, 6) is -2.98. The molecule has 2 aromatic carbocycles. The molecule has 0 aliphatic carbocycles. The monoisotopic (exact) mass is 578 g/mol. The van der Waals surface area contributed by atoms with Crippen LogP contribution in [-0.4, -0.2) is 67.8 Å². The lowest BCUT2D eigenvalue weighted by Crippen LogP contribution is -2.55. The lowest BCUT2D eigenvalue weighted by atomic mass is 9.92. The summed E-state index contributed by atoms with van der Waals surface area (Å²) in [5, 5.41) is 19.5. The van der Waals surface area contributed by atoms with Crippen molar-refractivity contribution in [1.29, 1.82) is 0 Å². The summed E-state index contributed by atoms with van der Waals surface area (Å²) in [6.07, 6.45) is -1.89. The summed E-state index contributed by atoms with van der Waals surface area (Å²) >= 11 is 0. The van der Waals surface area contributed by atoms with E-state index in [0.717, 1.165) is 5.56 Å². The lowest BCUT2D eigenvalue weighted by molar-refractivity contribution is -0.138. The summed E-state index contributed by atoms with van der Waals surface area (Å²) in [7, 11) is 1.63. The van der Waals surface area contributed by atoms with E-state index in [2.05, 4.69) is 15.7 Å². The molecule has 3 aromatic rings. The second-order valence-corrected chi connectivity index (χ2v) is 11.4. The Kier molecular flexibility index (Phi) is 8.64. The number of benzene rings is 2. The second kappa shape index (κ2) is 12.0. The van der Waals surface area contributed by atoms with Gasteiger partial charge < -0.3 is 20.6 Å². The van der Waals surface area contributed by atoms with Crippen molar-refractivity contribution in [2.75, 3.05) is 18.4 Å². The van der Waals surface area contributed by atoms with Gasteiger partial charge in [-0.2, -0.15) is 5.10 Å². The summed E-state index contributed by atoms with van der Waals surface area (Å²) in [6, 6.07) is 12.2. The zero-order valence-corrected chi connectivity index (χ0v) is 24.2. The van der Waals surface area contributed by atoms with Crippen molar-refractivity contribution in [3.8, 4) is 0 Å². The number of halogens is 1. The van der Waals surface area contributed by atoms with Gasteiger partial charge in [-0.25, -0.2) is 9.18 Å². The number of hydrogen-bond acceptors (Lipinski definition) is 5. The van der Waals surface area contributed by atoms with Crippen LogP contribution in [0.5, 0.6) is 0 Å². The molecule has 4 amide bonds. The van der Waals surface area contributed by atoms with Gasteiger partial charge in [0, 0.05) is 31.2 Å². The van der Waals surface area contributed by atoms with Gasteiger partial charge in [-0.1, -0.05) is 45.0 Å². The molecule has 1 aliphatic heterocycles. The van der Waals surface area contributed by atoms with Gasteiger partial charge >= 0.3 is 12.0 Å².